The summed E-state index contributed by atoms with van der Waals surface area (Å²) in [5, 5.41) is 0. The first-order chi connectivity index (χ1) is 8.83. The van der Waals surface area contributed by atoms with Gasteiger partial charge in [-0.25, -0.2) is 8.78 Å². The van der Waals surface area contributed by atoms with Gasteiger partial charge in [-0.3, -0.25) is 0 Å². The quantitative estimate of drug-likeness (QED) is 0.763. The molecule has 2 unspecified atom stereocenters. The first-order valence-electron chi connectivity index (χ1n) is 6.73. The molecule has 0 amide bonds. The summed E-state index contributed by atoms with van der Waals surface area (Å²) in [5.74, 6) is -0.695. The van der Waals surface area contributed by atoms with Gasteiger partial charge in [-0.15, -0.1) is 0 Å². The summed E-state index contributed by atoms with van der Waals surface area (Å²) in [5.41, 5.74) is 6.61. The second kappa shape index (κ2) is 5.49. The molecule has 2 rings (SSSR count). The molecule has 4 heteroatoms. The lowest BCUT2D eigenvalue weighted by Crippen LogP contribution is -2.36. The Bertz CT molecular complexity index is 473. The summed E-state index contributed by atoms with van der Waals surface area (Å²) >= 11 is 2.99. The van der Waals surface area contributed by atoms with Crippen molar-refractivity contribution in [2.75, 3.05) is 0 Å². The monoisotopic (exact) mass is 331 g/mol. The smallest absolute Gasteiger partial charge is 0.137 e. The fourth-order valence-corrected chi connectivity index (χ4v) is 3.51. The Kier molecular flexibility index (Phi) is 4.31. The van der Waals surface area contributed by atoms with Gasteiger partial charge in [0.15, 0.2) is 0 Å². The van der Waals surface area contributed by atoms with E-state index in [1.807, 2.05) is 0 Å². The molecule has 1 fully saturated rings. The molecule has 0 bridgehead atoms. The summed E-state index contributed by atoms with van der Waals surface area (Å²) in [6.07, 6.45) is 4.37. The normalized spacial score (nSPS) is 24.2. The summed E-state index contributed by atoms with van der Waals surface area (Å²) in [6.45, 7) is 4.34. The highest BCUT2D eigenvalue weighted by Gasteiger charge is 2.37. The molecule has 1 nitrogen and oxygen atoms in total. The van der Waals surface area contributed by atoms with Crippen LogP contribution in [0.5, 0.6) is 0 Å². The van der Waals surface area contributed by atoms with Crippen LogP contribution in [0.15, 0.2) is 16.6 Å². The Balaban J connectivity index is 2.33. The van der Waals surface area contributed by atoms with E-state index in [1.165, 1.54) is 18.6 Å². The highest BCUT2D eigenvalue weighted by Crippen LogP contribution is 2.46. The molecule has 1 aliphatic rings. The fraction of sp³-hybridized carbons (Fsp3) is 0.600. The Morgan fingerprint density at radius 2 is 1.95 bits per heavy atom. The topological polar surface area (TPSA) is 26.0 Å². The van der Waals surface area contributed by atoms with E-state index in [1.54, 1.807) is 0 Å². The zero-order chi connectivity index (χ0) is 14.2. The maximum atomic E-state index is 14.0. The standard InChI is InChI=1S/C15H20BrF2N/c1-15(2)6-4-3-5-10(15)14(19)9-7-13(18)11(16)8-12(9)17/h7-8,10,14H,3-6,19H2,1-2H3. The Hall–Kier alpha value is -0.480. The highest BCUT2D eigenvalue weighted by molar-refractivity contribution is 9.10. The van der Waals surface area contributed by atoms with Crippen molar-refractivity contribution in [2.45, 2.75) is 45.6 Å². The first kappa shape index (κ1) is 14.9. The molecule has 0 aromatic heterocycles. The van der Waals surface area contributed by atoms with E-state index >= 15 is 0 Å². The van der Waals surface area contributed by atoms with Crippen LogP contribution < -0.4 is 5.73 Å². The van der Waals surface area contributed by atoms with Gasteiger partial charge in [-0.05, 0) is 52.2 Å². The molecular weight excluding hydrogens is 312 g/mol. The summed E-state index contributed by atoms with van der Waals surface area (Å²) in [6, 6.07) is 1.95. The number of rotatable bonds is 2. The van der Waals surface area contributed by atoms with Crippen LogP contribution in [0.25, 0.3) is 0 Å². The van der Waals surface area contributed by atoms with Crippen LogP contribution in [0.1, 0.15) is 51.1 Å². The van der Waals surface area contributed by atoms with E-state index in [2.05, 4.69) is 29.8 Å². The van der Waals surface area contributed by atoms with Gasteiger partial charge in [-0.2, -0.15) is 0 Å². The van der Waals surface area contributed by atoms with E-state index < -0.39 is 17.7 Å². The van der Waals surface area contributed by atoms with Crippen LogP contribution in [-0.4, -0.2) is 0 Å². The van der Waals surface area contributed by atoms with Gasteiger partial charge < -0.3 is 5.73 Å². The summed E-state index contributed by atoms with van der Waals surface area (Å²) in [7, 11) is 0. The number of nitrogens with two attached hydrogens (primary N) is 1. The maximum Gasteiger partial charge on any atom is 0.137 e. The molecule has 0 spiro atoms. The zero-order valence-corrected chi connectivity index (χ0v) is 12.9. The Morgan fingerprint density at radius 1 is 1.26 bits per heavy atom. The third-order valence-electron chi connectivity index (χ3n) is 4.42. The lowest BCUT2D eigenvalue weighted by atomic mass is 9.65. The number of hydrogen-bond acceptors (Lipinski definition) is 1. The number of hydrogen-bond donors (Lipinski definition) is 1. The van der Waals surface area contributed by atoms with Gasteiger partial charge in [-0.1, -0.05) is 26.7 Å². The number of halogens is 3. The molecule has 0 saturated heterocycles. The van der Waals surface area contributed by atoms with Crippen LogP contribution in [-0.2, 0) is 0 Å². The second-order valence-corrected chi connectivity index (χ2v) is 7.01. The van der Waals surface area contributed by atoms with Crippen molar-refractivity contribution in [3.63, 3.8) is 0 Å². The molecule has 0 aliphatic heterocycles. The molecule has 1 aliphatic carbocycles. The van der Waals surface area contributed by atoms with E-state index in [-0.39, 0.29) is 15.8 Å². The molecule has 106 valence electrons. The van der Waals surface area contributed by atoms with Crippen molar-refractivity contribution in [1.29, 1.82) is 0 Å². The van der Waals surface area contributed by atoms with Gasteiger partial charge >= 0.3 is 0 Å². The van der Waals surface area contributed by atoms with Crippen LogP contribution in [0.3, 0.4) is 0 Å². The Labute approximate surface area is 121 Å². The average molecular weight is 332 g/mol. The third-order valence-corrected chi connectivity index (χ3v) is 5.03. The molecule has 1 aromatic rings. The molecule has 0 radical (unpaired) electrons. The van der Waals surface area contributed by atoms with Gasteiger partial charge in [0.05, 0.1) is 4.47 Å². The molecule has 2 N–H and O–H groups in total. The van der Waals surface area contributed by atoms with Crippen LogP contribution in [0.2, 0.25) is 0 Å². The predicted octanol–water partition coefficient (Wildman–Crippen LogP) is 4.94. The minimum Gasteiger partial charge on any atom is -0.324 e. The third kappa shape index (κ3) is 3.00. The maximum absolute atomic E-state index is 14.0. The Morgan fingerprint density at radius 3 is 2.58 bits per heavy atom. The van der Waals surface area contributed by atoms with Crippen molar-refractivity contribution in [2.24, 2.45) is 17.1 Å². The first-order valence-corrected chi connectivity index (χ1v) is 7.52. The summed E-state index contributed by atoms with van der Waals surface area (Å²) in [4.78, 5) is 0. The number of benzene rings is 1. The second-order valence-electron chi connectivity index (χ2n) is 6.15. The van der Waals surface area contributed by atoms with Crippen molar-refractivity contribution < 1.29 is 8.78 Å². The molecule has 1 aromatic carbocycles. The van der Waals surface area contributed by atoms with Crippen molar-refractivity contribution in [3.8, 4) is 0 Å². The largest absolute Gasteiger partial charge is 0.324 e. The van der Waals surface area contributed by atoms with Crippen molar-refractivity contribution in [1.82, 2.24) is 0 Å². The van der Waals surface area contributed by atoms with Crippen LogP contribution >= 0.6 is 15.9 Å². The molecular formula is C15H20BrF2N. The minimum absolute atomic E-state index is 0.0770. The van der Waals surface area contributed by atoms with Crippen LogP contribution in [0, 0.1) is 23.0 Å². The minimum atomic E-state index is -0.458. The zero-order valence-electron chi connectivity index (χ0n) is 11.3. The summed E-state index contributed by atoms with van der Waals surface area (Å²) < 4.78 is 27.8. The molecule has 2 atom stereocenters. The average Bonchev–Trinajstić information content (AvgIpc) is 2.32. The van der Waals surface area contributed by atoms with Crippen molar-refractivity contribution >= 4 is 15.9 Å². The van der Waals surface area contributed by atoms with Crippen LogP contribution in [0.4, 0.5) is 8.78 Å². The van der Waals surface area contributed by atoms with E-state index in [4.69, 9.17) is 5.73 Å². The predicted molar refractivity (Wildman–Crippen MR) is 76.7 cm³/mol. The molecule has 1 saturated carbocycles. The lowest BCUT2D eigenvalue weighted by Gasteiger charge is -2.42. The SMILES string of the molecule is CC1(C)CCCCC1C(N)c1cc(F)c(Br)cc1F. The highest BCUT2D eigenvalue weighted by atomic mass is 79.9. The van der Waals surface area contributed by atoms with Crippen molar-refractivity contribution in [3.05, 3.63) is 33.8 Å². The van der Waals surface area contributed by atoms with Gasteiger partial charge in [0.1, 0.15) is 11.6 Å². The van der Waals surface area contributed by atoms with Gasteiger partial charge in [0.2, 0.25) is 0 Å². The molecule has 0 heterocycles. The lowest BCUT2D eigenvalue weighted by molar-refractivity contribution is 0.111. The van der Waals surface area contributed by atoms with E-state index in [0.717, 1.165) is 19.3 Å². The van der Waals surface area contributed by atoms with E-state index in [9.17, 15) is 8.78 Å². The molecule has 19 heavy (non-hydrogen) atoms. The van der Waals surface area contributed by atoms with Gasteiger partial charge in [0, 0.05) is 11.6 Å². The van der Waals surface area contributed by atoms with Gasteiger partial charge in [0.25, 0.3) is 0 Å². The van der Waals surface area contributed by atoms with E-state index in [0.29, 0.717) is 5.56 Å². The fourth-order valence-electron chi connectivity index (χ4n) is 3.20.